The molecule has 4 aromatic carbocycles. The summed E-state index contributed by atoms with van der Waals surface area (Å²) in [7, 11) is 1.48. The fourth-order valence-corrected chi connectivity index (χ4v) is 11.7. The minimum atomic E-state index is -1.17. The number of unbranched alkanes of at least 4 members (excludes halogenated alkanes) is 1. The lowest BCUT2D eigenvalue weighted by Gasteiger charge is -2.26. The molecule has 31 heteroatoms. The summed E-state index contributed by atoms with van der Waals surface area (Å²) in [5, 5.41) is 31.0. The quantitative estimate of drug-likeness (QED) is 0.0109. The van der Waals surface area contributed by atoms with Crippen molar-refractivity contribution < 1.29 is 86.6 Å². The number of carbonyl (C=O) groups excluding carboxylic acids is 10. The monoisotopic (exact) mass is 1410 g/mol. The van der Waals surface area contributed by atoms with Crippen LogP contribution in [-0.4, -0.2) is 198 Å². The number of aromatic nitrogens is 2. The number of alkyl halides is 1. The van der Waals surface area contributed by atoms with Gasteiger partial charge < -0.3 is 86.3 Å². The van der Waals surface area contributed by atoms with Crippen LogP contribution in [0.2, 0.25) is 0 Å². The fraction of sp³-hybridized carbons (Fsp3) is 0.400. The number of primary amides is 1. The molecule has 2 aromatic heterocycles. The zero-order valence-electron chi connectivity index (χ0n) is 56.3. The SMILES string of the molecule is Cc1cccc2c(OC(=O)N(CCCC[C@H](N)C(=O)O)CCN(C)C(=O)OCc3ccc(NC(=O)[C@H](CCCNC(N)=O)CC(=O)[C@@H](NC(=O)OCCOCCN4C(=O)C=CC4=O)C(C)C)cc3)cc3c(c12)[C@H](CCl)CN3C(=O)c1cc2cc(NC(=O)c3ccc(OCCO)cc3)ncc2[nH]1. The lowest BCUT2D eigenvalue weighted by Crippen LogP contribution is -2.46. The number of benzene rings is 4. The van der Waals surface area contributed by atoms with E-state index in [1.165, 1.54) is 23.0 Å². The van der Waals surface area contributed by atoms with Crippen LogP contribution in [0.3, 0.4) is 0 Å². The molecule has 4 atom stereocenters. The number of aliphatic carboxylic acids is 1. The van der Waals surface area contributed by atoms with Crippen LogP contribution in [0.15, 0.2) is 103 Å². The molecule has 101 heavy (non-hydrogen) atoms. The third kappa shape index (κ3) is 20.9. The van der Waals surface area contributed by atoms with E-state index in [0.29, 0.717) is 57.4 Å². The maximum absolute atomic E-state index is 14.7. The van der Waals surface area contributed by atoms with E-state index in [9.17, 15) is 57.8 Å². The molecule has 0 saturated carbocycles. The number of nitrogens with two attached hydrogens (primary N) is 2. The Balaban J connectivity index is 0.887. The van der Waals surface area contributed by atoms with Gasteiger partial charge >= 0.3 is 30.3 Å². The number of carbonyl (C=O) groups is 11. The number of rotatable bonds is 36. The van der Waals surface area contributed by atoms with Gasteiger partial charge in [0.25, 0.3) is 23.6 Å². The first-order chi connectivity index (χ1) is 48.4. The van der Waals surface area contributed by atoms with Gasteiger partial charge in [-0.3, -0.25) is 38.5 Å². The molecule has 0 radical (unpaired) electrons. The Hall–Kier alpha value is -10.7. The third-order valence-electron chi connectivity index (χ3n) is 16.9. The van der Waals surface area contributed by atoms with Crippen LogP contribution in [-0.2, 0) is 44.8 Å². The van der Waals surface area contributed by atoms with E-state index < -0.39 is 89.5 Å². The van der Waals surface area contributed by atoms with Crippen LogP contribution in [0.5, 0.6) is 11.5 Å². The number of carboxylic acids is 1. The van der Waals surface area contributed by atoms with Crippen molar-refractivity contribution in [2.24, 2.45) is 23.3 Å². The van der Waals surface area contributed by atoms with E-state index in [4.69, 9.17) is 51.9 Å². The summed E-state index contributed by atoms with van der Waals surface area (Å²) in [5.41, 5.74) is 15.1. The Morgan fingerprint density at radius 3 is 2.28 bits per heavy atom. The van der Waals surface area contributed by atoms with Gasteiger partial charge in [0.15, 0.2) is 5.78 Å². The number of alkyl carbamates (subject to hydrolysis) is 1. The summed E-state index contributed by atoms with van der Waals surface area (Å²) in [4.78, 5) is 156. The molecular formula is C70H83ClN12O18. The number of amides is 10. The van der Waals surface area contributed by atoms with Crippen LogP contribution in [0.1, 0.15) is 95.8 Å². The number of halogens is 1. The number of aromatic amines is 1. The molecule has 0 aliphatic carbocycles. The molecule has 10 amide bonds. The molecule has 0 bridgehead atoms. The highest BCUT2D eigenvalue weighted by Gasteiger charge is 2.37. The van der Waals surface area contributed by atoms with E-state index in [2.05, 4.69) is 31.2 Å². The van der Waals surface area contributed by atoms with E-state index in [1.807, 2.05) is 19.1 Å². The molecule has 30 nitrogen and oxygen atoms in total. The normalized spacial score (nSPS) is 14.1. The van der Waals surface area contributed by atoms with Gasteiger partial charge in [0.05, 0.1) is 49.8 Å². The number of Topliss-reactive ketones (excluding diaryl/α,β-unsaturated/α-hetero) is 1. The number of imide groups is 1. The predicted octanol–water partition coefficient (Wildman–Crippen LogP) is 6.94. The lowest BCUT2D eigenvalue weighted by atomic mass is 9.89. The molecule has 6 aromatic rings. The number of carboxylic acid groups (broad SMARTS) is 1. The highest BCUT2D eigenvalue weighted by atomic mass is 35.5. The third-order valence-corrected chi connectivity index (χ3v) is 17.2. The molecule has 8 rings (SSSR count). The number of fused-ring (bicyclic) bond motifs is 4. The van der Waals surface area contributed by atoms with E-state index in [1.54, 1.807) is 91.5 Å². The van der Waals surface area contributed by atoms with Crippen LogP contribution in [0, 0.1) is 18.8 Å². The van der Waals surface area contributed by atoms with Crippen LogP contribution in [0.25, 0.3) is 21.7 Å². The Kier molecular flexibility index (Phi) is 27.4. The zero-order valence-corrected chi connectivity index (χ0v) is 57.1. The number of ether oxygens (including phenoxy) is 5. The summed E-state index contributed by atoms with van der Waals surface area (Å²) >= 11 is 6.68. The summed E-state index contributed by atoms with van der Waals surface area (Å²) in [6.45, 7) is 5.09. The lowest BCUT2D eigenvalue weighted by molar-refractivity contribution is -0.139. The number of aliphatic hydroxyl groups excluding tert-OH is 1. The molecule has 0 spiro atoms. The summed E-state index contributed by atoms with van der Waals surface area (Å²) in [6.07, 6.45) is 2.23. The summed E-state index contributed by atoms with van der Waals surface area (Å²) < 4.78 is 27.9. The van der Waals surface area contributed by atoms with Gasteiger partial charge in [-0.25, -0.2) is 24.2 Å². The maximum Gasteiger partial charge on any atom is 0.415 e. The van der Waals surface area contributed by atoms with Gasteiger partial charge in [-0.05, 0) is 116 Å². The van der Waals surface area contributed by atoms with Crippen molar-refractivity contribution in [2.45, 2.75) is 83.9 Å². The van der Waals surface area contributed by atoms with Gasteiger partial charge in [0, 0.05) is 104 Å². The van der Waals surface area contributed by atoms with Gasteiger partial charge in [-0.2, -0.15) is 0 Å². The fourth-order valence-electron chi connectivity index (χ4n) is 11.4. The molecule has 11 N–H and O–H groups in total. The molecule has 538 valence electrons. The van der Waals surface area contributed by atoms with Gasteiger partial charge in [-0.15, -0.1) is 11.6 Å². The maximum atomic E-state index is 14.7. The number of hydrogen-bond donors (Lipinski definition) is 9. The minimum absolute atomic E-state index is 0.0118. The second-order valence-corrected chi connectivity index (χ2v) is 24.8. The Morgan fingerprint density at radius 1 is 0.842 bits per heavy atom. The first kappa shape index (κ1) is 76.1. The average Bonchev–Trinajstić information content (AvgIpc) is 1.62. The molecule has 0 fully saturated rings. The predicted molar refractivity (Wildman–Crippen MR) is 372 cm³/mol. The van der Waals surface area contributed by atoms with Crippen molar-refractivity contribution in [3.63, 3.8) is 0 Å². The number of anilines is 3. The molecule has 2 aliphatic rings. The number of hydrogen-bond acceptors (Lipinski definition) is 19. The first-order valence-electron chi connectivity index (χ1n) is 32.8. The Morgan fingerprint density at radius 2 is 1.58 bits per heavy atom. The highest BCUT2D eigenvalue weighted by molar-refractivity contribution is 6.20. The second-order valence-electron chi connectivity index (χ2n) is 24.5. The van der Waals surface area contributed by atoms with Crippen molar-refractivity contribution >= 4 is 116 Å². The van der Waals surface area contributed by atoms with Crippen LogP contribution >= 0.6 is 11.6 Å². The van der Waals surface area contributed by atoms with Crippen molar-refractivity contribution in [1.82, 2.24) is 35.3 Å². The number of H-pyrrole nitrogens is 1. The molecule has 0 saturated heterocycles. The van der Waals surface area contributed by atoms with Gasteiger partial charge in [0.2, 0.25) is 5.91 Å². The van der Waals surface area contributed by atoms with Gasteiger partial charge in [-0.1, -0.05) is 44.2 Å². The number of aryl methyl sites for hydroxylation is 1. The Bertz CT molecular complexity index is 4020. The smallest absolute Gasteiger partial charge is 0.415 e. The van der Waals surface area contributed by atoms with Crippen molar-refractivity contribution in [2.75, 3.05) is 101 Å². The van der Waals surface area contributed by atoms with E-state index in [-0.39, 0.29) is 134 Å². The van der Waals surface area contributed by atoms with Crippen molar-refractivity contribution in [3.05, 3.63) is 131 Å². The van der Waals surface area contributed by atoms with Crippen molar-refractivity contribution in [1.29, 1.82) is 0 Å². The number of nitrogens with zero attached hydrogens (tertiary/aromatic N) is 5. The molecular weight excluding hydrogens is 1330 g/mol. The second kappa shape index (κ2) is 36.4. The van der Waals surface area contributed by atoms with E-state index in [0.717, 1.165) is 33.6 Å². The number of aliphatic hydroxyl groups is 1. The molecule has 4 heterocycles. The summed E-state index contributed by atoms with van der Waals surface area (Å²) in [6, 6.07) is 20.2. The first-order valence-corrected chi connectivity index (χ1v) is 33.4. The number of pyridine rings is 1. The van der Waals surface area contributed by atoms with E-state index >= 15 is 0 Å². The summed E-state index contributed by atoms with van der Waals surface area (Å²) in [5.74, 6) is -4.61. The van der Waals surface area contributed by atoms with Crippen molar-refractivity contribution in [3.8, 4) is 11.5 Å². The number of likely N-dealkylation sites (N-methyl/N-ethyl adjacent to an activating group) is 1. The molecule has 0 unspecified atom stereocenters. The number of ketones is 1. The highest BCUT2D eigenvalue weighted by Crippen LogP contribution is 2.47. The van der Waals surface area contributed by atoms with Crippen LogP contribution in [0.4, 0.5) is 36.4 Å². The topological polar surface area (TPSA) is 416 Å². The Labute approximate surface area is 586 Å². The molecule has 2 aliphatic heterocycles. The zero-order chi connectivity index (χ0) is 72.9. The standard InChI is InChI=1S/C70H83ClN12O18/c1-41(2)62(79-68(94)99-32-31-97-29-27-82-58(86)21-22-59(82)87)55(85)34-45(10-8-23-74-67(73)93)64(89)76-48-17-13-43(14-18-48)40-100-69(95)80(4)25-26-81(24-6-5-12-51(72)66(91)92)70(96)101-56-36-54-61(60-42(3)9-7-11-50(56)60)47(37-71)39-83(54)65(90)52-33-46-35-57(75-38-53(46)77-52)78-63(88)44-15-19-49(20-16-44)98-30-28-84/h7,9,11,13-22,33,35-36,38,41,45,47,51,62,77,84H,5-6,8,10,12,23-32,34,37,39-40,72H2,1-4H3,(H,76,89)(H,79,94)(H,91,92)(H3,73,74,93)(H,75,78,88)/t45-,47-,51+,62+/m1/s1. The number of urea groups is 1. The minimum Gasteiger partial charge on any atom is -0.491 e. The largest absolute Gasteiger partial charge is 0.491 e. The average molecular weight is 1420 g/mol. The van der Waals surface area contributed by atoms with Crippen LogP contribution < -0.4 is 47.1 Å². The number of nitrogens with one attached hydrogen (secondary N) is 5. The van der Waals surface area contributed by atoms with Gasteiger partial charge in [0.1, 0.15) is 48.9 Å².